The van der Waals surface area contributed by atoms with Crippen LogP contribution in [0.3, 0.4) is 0 Å². The Labute approximate surface area is 117 Å². The molecule has 0 saturated heterocycles. The highest BCUT2D eigenvalue weighted by molar-refractivity contribution is 6.03. The normalized spacial score (nSPS) is 12.0. The minimum Gasteiger partial charge on any atom is -0.468 e. The Hall–Kier alpha value is -0.900. The summed E-state index contributed by atoms with van der Waals surface area (Å²) in [7, 11) is 1.32. The van der Waals surface area contributed by atoms with Crippen LogP contribution in [0.2, 0.25) is 0 Å². The lowest BCUT2D eigenvalue weighted by molar-refractivity contribution is -0.156. The molecule has 0 aromatic carbocycles. The molecule has 0 bridgehead atoms. The third kappa shape index (κ3) is 5.31. The zero-order valence-corrected chi connectivity index (χ0v) is 13.3. The van der Waals surface area contributed by atoms with Crippen molar-refractivity contribution < 1.29 is 14.3 Å². The molecule has 19 heavy (non-hydrogen) atoms. The number of hydrogen-bond acceptors (Lipinski definition) is 4. The predicted molar refractivity (Wildman–Crippen MR) is 77.0 cm³/mol. The predicted octanol–water partition coefficient (Wildman–Crippen LogP) is 2.51. The number of likely N-dealkylation sites (N-methyl/N-ethyl adjacent to an activating group) is 1. The third-order valence-electron chi connectivity index (χ3n) is 3.88. The van der Waals surface area contributed by atoms with Gasteiger partial charge in [-0.05, 0) is 26.3 Å². The van der Waals surface area contributed by atoms with Crippen molar-refractivity contribution in [2.24, 2.45) is 11.3 Å². The fourth-order valence-corrected chi connectivity index (χ4v) is 1.99. The molecule has 4 nitrogen and oxygen atoms in total. The van der Waals surface area contributed by atoms with Gasteiger partial charge in [0, 0.05) is 6.54 Å². The summed E-state index contributed by atoms with van der Waals surface area (Å²) in [6.07, 6.45) is 2.23. The van der Waals surface area contributed by atoms with Crippen LogP contribution in [0.1, 0.15) is 47.5 Å². The SMILES string of the molecule is CCC(CC)CN(CC)CC(=O)C(C)(C)C(=O)OC. The molecule has 0 rings (SSSR count). The Kier molecular flexibility index (Phi) is 7.91. The molecule has 0 aromatic rings. The first-order chi connectivity index (χ1) is 8.83. The van der Waals surface area contributed by atoms with Crippen molar-refractivity contribution >= 4 is 11.8 Å². The Morgan fingerprint density at radius 3 is 2.05 bits per heavy atom. The van der Waals surface area contributed by atoms with Crippen LogP contribution in [-0.4, -0.2) is 43.4 Å². The van der Waals surface area contributed by atoms with E-state index in [1.54, 1.807) is 13.8 Å². The van der Waals surface area contributed by atoms with E-state index >= 15 is 0 Å². The smallest absolute Gasteiger partial charge is 0.318 e. The molecule has 0 unspecified atom stereocenters. The third-order valence-corrected chi connectivity index (χ3v) is 3.88. The quantitative estimate of drug-likeness (QED) is 0.477. The molecular weight excluding hydrogens is 242 g/mol. The highest BCUT2D eigenvalue weighted by Gasteiger charge is 2.37. The monoisotopic (exact) mass is 271 g/mol. The van der Waals surface area contributed by atoms with Crippen LogP contribution in [0.15, 0.2) is 0 Å². The van der Waals surface area contributed by atoms with Gasteiger partial charge in [-0.2, -0.15) is 0 Å². The van der Waals surface area contributed by atoms with E-state index in [9.17, 15) is 9.59 Å². The molecule has 0 heterocycles. The van der Waals surface area contributed by atoms with Gasteiger partial charge in [-0.15, -0.1) is 0 Å². The molecular formula is C15H29NO3. The summed E-state index contributed by atoms with van der Waals surface area (Å²) < 4.78 is 4.70. The number of methoxy groups -OCH3 is 1. The van der Waals surface area contributed by atoms with Crippen molar-refractivity contribution in [2.75, 3.05) is 26.7 Å². The van der Waals surface area contributed by atoms with Gasteiger partial charge in [0.1, 0.15) is 5.41 Å². The Bertz CT molecular complexity index is 296. The maximum absolute atomic E-state index is 12.3. The Morgan fingerprint density at radius 2 is 1.68 bits per heavy atom. The van der Waals surface area contributed by atoms with Crippen LogP contribution < -0.4 is 0 Å². The summed E-state index contributed by atoms with van der Waals surface area (Å²) in [4.78, 5) is 26.0. The molecule has 0 aliphatic rings. The molecule has 0 spiro atoms. The van der Waals surface area contributed by atoms with E-state index in [0.717, 1.165) is 25.9 Å². The lowest BCUT2D eigenvalue weighted by Crippen LogP contribution is -2.43. The Balaban J connectivity index is 4.62. The number of Topliss-reactive ketones (excluding diaryl/α,β-unsaturated/α-hetero) is 1. The summed E-state index contributed by atoms with van der Waals surface area (Å²) in [5, 5.41) is 0. The minimum atomic E-state index is -1.06. The van der Waals surface area contributed by atoms with Crippen LogP contribution in [0.5, 0.6) is 0 Å². The van der Waals surface area contributed by atoms with E-state index in [2.05, 4.69) is 18.7 Å². The van der Waals surface area contributed by atoms with E-state index in [4.69, 9.17) is 4.74 Å². The van der Waals surface area contributed by atoms with E-state index in [0.29, 0.717) is 12.5 Å². The van der Waals surface area contributed by atoms with Gasteiger partial charge in [0.15, 0.2) is 5.78 Å². The first-order valence-electron chi connectivity index (χ1n) is 7.17. The summed E-state index contributed by atoms with van der Waals surface area (Å²) in [5.74, 6) is 0.0669. The van der Waals surface area contributed by atoms with Gasteiger partial charge in [0.25, 0.3) is 0 Å². The molecule has 0 atom stereocenters. The standard InChI is InChI=1S/C15H29NO3/c1-7-12(8-2)10-16(9-3)11-13(17)15(4,5)14(18)19-6/h12H,7-11H2,1-6H3. The number of ether oxygens (including phenoxy) is 1. The number of ketones is 1. The summed E-state index contributed by atoms with van der Waals surface area (Å²) in [5.41, 5.74) is -1.06. The van der Waals surface area contributed by atoms with Crippen molar-refractivity contribution in [3.63, 3.8) is 0 Å². The van der Waals surface area contributed by atoms with Crippen LogP contribution >= 0.6 is 0 Å². The van der Waals surface area contributed by atoms with Crippen LogP contribution in [-0.2, 0) is 14.3 Å². The molecule has 4 heteroatoms. The van der Waals surface area contributed by atoms with Crippen LogP contribution in [0.25, 0.3) is 0 Å². The van der Waals surface area contributed by atoms with Gasteiger partial charge >= 0.3 is 5.97 Å². The highest BCUT2D eigenvalue weighted by atomic mass is 16.5. The number of esters is 1. The Morgan fingerprint density at radius 1 is 1.16 bits per heavy atom. The molecule has 0 aliphatic heterocycles. The van der Waals surface area contributed by atoms with Crippen molar-refractivity contribution in [1.82, 2.24) is 4.90 Å². The average Bonchev–Trinajstić information content (AvgIpc) is 2.41. The number of hydrogen-bond donors (Lipinski definition) is 0. The van der Waals surface area contributed by atoms with E-state index in [1.807, 2.05) is 6.92 Å². The second kappa shape index (κ2) is 8.31. The molecule has 0 aliphatic carbocycles. The highest BCUT2D eigenvalue weighted by Crippen LogP contribution is 2.20. The topological polar surface area (TPSA) is 46.6 Å². The zero-order valence-electron chi connectivity index (χ0n) is 13.3. The average molecular weight is 271 g/mol. The lowest BCUT2D eigenvalue weighted by Gasteiger charge is -2.28. The first kappa shape index (κ1) is 18.1. The van der Waals surface area contributed by atoms with Gasteiger partial charge in [-0.25, -0.2) is 0 Å². The summed E-state index contributed by atoms with van der Waals surface area (Å²) in [6, 6.07) is 0. The molecule has 0 radical (unpaired) electrons. The first-order valence-corrected chi connectivity index (χ1v) is 7.17. The number of rotatable bonds is 9. The summed E-state index contributed by atoms with van der Waals surface area (Å²) >= 11 is 0. The maximum atomic E-state index is 12.3. The van der Waals surface area contributed by atoms with Crippen LogP contribution in [0, 0.1) is 11.3 Å². The molecule has 0 fully saturated rings. The van der Waals surface area contributed by atoms with Crippen LogP contribution in [0.4, 0.5) is 0 Å². The fraction of sp³-hybridized carbons (Fsp3) is 0.867. The molecule has 0 amide bonds. The summed E-state index contributed by atoms with van der Waals surface area (Å²) in [6.45, 7) is 11.7. The van der Waals surface area contributed by atoms with E-state index < -0.39 is 11.4 Å². The molecule has 112 valence electrons. The van der Waals surface area contributed by atoms with Gasteiger partial charge in [0.05, 0.1) is 13.7 Å². The van der Waals surface area contributed by atoms with Gasteiger partial charge in [0.2, 0.25) is 0 Å². The maximum Gasteiger partial charge on any atom is 0.318 e. The number of carbonyl (C=O) groups is 2. The van der Waals surface area contributed by atoms with Crippen molar-refractivity contribution in [2.45, 2.75) is 47.5 Å². The van der Waals surface area contributed by atoms with Crippen molar-refractivity contribution in [1.29, 1.82) is 0 Å². The lowest BCUT2D eigenvalue weighted by atomic mass is 9.87. The minimum absolute atomic E-state index is 0.0767. The van der Waals surface area contributed by atoms with Gasteiger partial charge in [-0.3, -0.25) is 14.5 Å². The second-order valence-corrected chi connectivity index (χ2v) is 5.55. The zero-order chi connectivity index (χ0) is 15.1. The molecule has 0 saturated carbocycles. The number of carbonyl (C=O) groups excluding carboxylic acids is 2. The van der Waals surface area contributed by atoms with Gasteiger partial charge in [-0.1, -0.05) is 33.6 Å². The molecule has 0 aromatic heterocycles. The second-order valence-electron chi connectivity index (χ2n) is 5.55. The van der Waals surface area contributed by atoms with E-state index in [-0.39, 0.29) is 5.78 Å². The fourth-order valence-electron chi connectivity index (χ4n) is 1.99. The molecule has 0 N–H and O–H groups in total. The van der Waals surface area contributed by atoms with E-state index in [1.165, 1.54) is 7.11 Å². The van der Waals surface area contributed by atoms with Crippen molar-refractivity contribution in [3.8, 4) is 0 Å². The van der Waals surface area contributed by atoms with Gasteiger partial charge < -0.3 is 4.74 Å². The largest absolute Gasteiger partial charge is 0.468 e. The van der Waals surface area contributed by atoms with Crippen molar-refractivity contribution in [3.05, 3.63) is 0 Å². The number of nitrogens with zero attached hydrogens (tertiary/aromatic N) is 1.